The Morgan fingerprint density at radius 2 is 1.88 bits per heavy atom. The molecule has 4 nitrogen and oxygen atoms in total. The highest BCUT2D eigenvalue weighted by Gasteiger charge is 2.16. The van der Waals surface area contributed by atoms with Crippen LogP contribution in [0.4, 0.5) is 5.69 Å². The smallest absolute Gasteiger partial charge is 0.265 e. The maximum absolute atomic E-state index is 12.6. The second-order valence-corrected chi connectivity index (χ2v) is 6.79. The number of hydrogen-bond acceptors (Lipinski definition) is 4. The van der Waals surface area contributed by atoms with Gasteiger partial charge in [-0.1, -0.05) is 41.9 Å². The highest BCUT2D eigenvalue weighted by Crippen LogP contribution is 2.36. The van der Waals surface area contributed by atoms with Crippen LogP contribution in [-0.4, -0.2) is 10.9 Å². The van der Waals surface area contributed by atoms with E-state index in [4.69, 9.17) is 16.9 Å². The first-order chi connectivity index (χ1) is 12.2. The minimum absolute atomic E-state index is 0.274. The Bertz CT molecular complexity index is 1180. The van der Waals surface area contributed by atoms with Crippen molar-refractivity contribution >= 4 is 55.5 Å². The van der Waals surface area contributed by atoms with Crippen LogP contribution in [0.15, 0.2) is 54.6 Å². The van der Waals surface area contributed by atoms with Crippen molar-refractivity contribution in [3.05, 3.63) is 70.2 Å². The van der Waals surface area contributed by atoms with Crippen LogP contribution in [0.5, 0.6) is 0 Å². The number of nitrogens with one attached hydrogen (secondary N) is 1. The number of aromatic nitrogens is 1. The molecular weight excluding hydrogens is 354 g/mol. The second kappa shape index (κ2) is 6.17. The summed E-state index contributed by atoms with van der Waals surface area (Å²) in [7, 11) is 0. The molecule has 2 heterocycles. The second-order valence-electron chi connectivity index (χ2n) is 5.38. The Balaban J connectivity index is 1.79. The van der Waals surface area contributed by atoms with Gasteiger partial charge in [0.25, 0.3) is 5.91 Å². The first kappa shape index (κ1) is 15.6. The van der Waals surface area contributed by atoms with Crippen molar-refractivity contribution in [2.24, 2.45) is 0 Å². The van der Waals surface area contributed by atoms with Gasteiger partial charge in [-0.05, 0) is 24.3 Å². The van der Waals surface area contributed by atoms with E-state index < -0.39 is 0 Å². The van der Waals surface area contributed by atoms with E-state index in [2.05, 4.69) is 16.4 Å². The quantitative estimate of drug-likeness (QED) is 0.496. The molecule has 0 saturated heterocycles. The fourth-order valence-corrected chi connectivity index (χ4v) is 4.04. The molecule has 1 N–H and O–H groups in total. The maximum Gasteiger partial charge on any atom is 0.265 e. The summed E-state index contributed by atoms with van der Waals surface area (Å²) in [5.41, 5.74) is 1.70. The first-order valence-electron chi connectivity index (χ1n) is 7.45. The highest BCUT2D eigenvalue weighted by molar-refractivity contribution is 7.22. The molecule has 2 aromatic carbocycles. The summed E-state index contributed by atoms with van der Waals surface area (Å²) in [5, 5.41) is 14.0. The molecule has 120 valence electrons. The number of thiophene rings is 1. The normalized spacial score (nSPS) is 10.7. The van der Waals surface area contributed by atoms with E-state index in [1.165, 1.54) is 11.3 Å². The lowest BCUT2D eigenvalue weighted by Crippen LogP contribution is -2.11. The average Bonchev–Trinajstić information content (AvgIpc) is 3.09. The highest BCUT2D eigenvalue weighted by atomic mass is 35.5. The SMILES string of the molecule is N#Cc1ccccc1NC(=O)c1cc2c(Cl)nc3ccccc3c2s1. The fourth-order valence-electron chi connectivity index (χ4n) is 2.66. The Labute approximate surface area is 152 Å². The van der Waals surface area contributed by atoms with Crippen molar-refractivity contribution < 1.29 is 4.79 Å². The molecule has 0 radical (unpaired) electrons. The Morgan fingerprint density at radius 3 is 2.72 bits per heavy atom. The number of amides is 1. The molecule has 2 aromatic heterocycles. The molecule has 0 saturated carbocycles. The molecule has 0 aliphatic carbocycles. The number of pyridine rings is 1. The summed E-state index contributed by atoms with van der Waals surface area (Å²) in [4.78, 5) is 17.5. The number of carbonyl (C=O) groups excluding carboxylic acids is 1. The van der Waals surface area contributed by atoms with Gasteiger partial charge in [-0.15, -0.1) is 11.3 Å². The lowest BCUT2D eigenvalue weighted by Gasteiger charge is -2.04. The number of nitrogens with zero attached hydrogens (tertiary/aromatic N) is 2. The number of halogens is 1. The maximum atomic E-state index is 12.6. The van der Waals surface area contributed by atoms with Crippen LogP contribution in [-0.2, 0) is 0 Å². The van der Waals surface area contributed by atoms with Crippen molar-refractivity contribution in [2.45, 2.75) is 0 Å². The van der Waals surface area contributed by atoms with Crippen molar-refractivity contribution in [2.75, 3.05) is 5.32 Å². The Kier molecular flexibility index (Phi) is 3.85. The Hall–Kier alpha value is -2.94. The topological polar surface area (TPSA) is 65.8 Å². The summed E-state index contributed by atoms with van der Waals surface area (Å²) in [5.74, 6) is -0.274. The molecule has 0 bridgehead atoms. The van der Waals surface area contributed by atoms with Crippen LogP contribution >= 0.6 is 22.9 Å². The third-order valence-corrected chi connectivity index (χ3v) is 5.30. The van der Waals surface area contributed by atoms with Gasteiger partial charge in [0, 0.05) is 15.5 Å². The number of anilines is 1. The third-order valence-electron chi connectivity index (χ3n) is 3.84. The van der Waals surface area contributed by atoms with Gasteiger partial charge >= 0.3 is 0 Å². The summed E-state index contributed by atoms with van der Waals surface area (Å²) in [6, 6.07) is 18.4. The lowest BCUT2D eigenvalue weighted by molar-refractivity contribution is 0.103. The van der Waals surface area contributed by atoms with Crippen LogP contribution in [0, 0.1) is 11.3 Å². The van der Waals surface area contributed by atoms with Crippen LogP contribution in [0.1, 0.15) is 15.2 Å². The lowest BCUT2D eigenvalue weighted by atomic mass is 10.2. The molecule has 0 fully saturated rings. The number of nitriles is 1. The average molecular weight is 364 g/mol. The number of fused-ring (bicyclic) bond motifs is 3. The standard InChI is InChI=1S/C19H10ClN3OS/c20-18-13-9-16(19(24)23-14-7-3-1-5-11(14)10-21)25-17(13)12-6-2-4-8-15(12)22-18/h1-9H,(H,23,24). The van der Waals surface area contributed by atoms with Gasteiger partial charge in [-0.2, -0.15) is 5.26 Å². The zero-order valence-electron chi connectivity index (χ0n) is 12.8. The van der Waals surface area contributed by atoms with Gasteiger partial charge in [0.05, 0.1) is 21.6 Å². The molecule has 1 amide bonds. The largest absolute Gasteiger partial charge is 0.320 e. The van der Waals surface area contributed by atoms with Gasteiger partial charge in [-0.3, -0.25) is 4.79 Å². The van der Waals surface area contributed by atoms with Crippen molar-refractivity contribution in [1.29, 1.82) is 5.26 Å². The molecule has 4 aromatic rings. The van der Waals surface area contributed by atoms with E-state index in [0.29, 0.717) is 21.3 Å². The summed E-state index contributed by atoms with van der Waals surface area (Å²) < 4.78 is 0.925. The fraction of sp³-hybridized carbons (Fsp3) is 0. The van der Waals surface area contributed by atoms with Gasteiger partial charge in [0.1, 0.15) is 11.2 Å². The monoisotopic (exact) mass is 363 g/mol. The van der Waals surface area contributed by atoms with Crippen LogP contribution in [0.25, 0.3) is 21.0 Å². The molecular formula is C19H10ClN3OS. The van der Waals surface area contributed by atoms with Crippen molar-refractivity contribution in [1.82, 2.24) is 4.98 Å². The van der Waals surface area contributed by atoms with Gasteiger partial charge in [-0.25, -0.2) is 4.98 Å². The van der Waals surface area contributed by atoms with Gasteiger partial charge < -0.3 is 5.32 Å². The first-order valence-corrected chi connectivity index (χ1v) is 8.65. The zero-order valence-corrected chi connectivity index (χ0v) is 14.4. The van der Waals surface area contributed by atoms with Gasteiger partial charge in [0.15, 0.2) is 0 Å². The van der Waals surface area contributed by atoms with Crippen molar-refractivity contribution in [3.63, 3.8) is 0 Å². The molecule has 4 rings (SSSR count). The number of rotatable bonds is 2. The predicted molar refractivity (Wildman–Crippen MR) is 101 cm³/mol. The van der Waals surface area contributed by atoms with Crippen LogP contribution in [0.2, 0.25) is 5.15 Å². The summed E-state index contributed by atoms with van der Waals surface area (Å²) in [6.45, 7) is 0. The number of para-hydroxylation sites is 2. The number of carbonyl (C=O) groups is 1. The molecule has 25 heavy (non-hydrogen) atoms. The number of benzene rings is 2. The van der Waals surface area contributed by atoms with Crippen LogP contribution in [0.3, 0.4) is 0 Å². The third kappa shape index (κ3) is 2.72. The molecule has 0 spiro atoms. The minimum Gasteiger partial charge on any atom is -0.320 e. The summed E-state index contributed by atoms with van der Waals surface area (Å²) in [6.07, 6.45) is 0. The molecule has 0 atom stereocenters. The van der Waals surface area contributed by atoms with E-state index >= 15 is 0 Å². The molecule has 0 unspecified atom stereocenters. The van der Waals surface area contributed by atoms with Crippen molar-refractivity contribution in [3.8, 4) is 6.07 Å². The molecule has 0 aliphatic heterocycles. The van der Waals surface area contributed by atoms with E-state index in [9.17, 15) is 4.79 Å². The van der Waals surface area contributed by atoms with E-state index in [-0.39, 0.29) is 5.91 Å². The molecule has 6 heteroatoms. The van der Waals surface area contributed by atoms with Gasteiger partial charge in [0.2, 0.25) is 0 Å². The number of hydrogen-bond donors (Lipinski definition) is 1. The van der Waals surface area contributed by atoms with E-state index in [1.54, 1.807) is 30.3 Å². The molecule has 0 aliphatic rings. The predicted octanol–water partition coefficient (Wildman–Crippen LogP) is 5.23. The zero-order chi connectivity index (χ0) is 17.4. The Morgan fingerprint density at radius 1 is 1.12 bits per heavy atom. The minimum atomic E-state index is -0.274. The summed E-state index contributed by atoms with van der Waals surface area (Å²) >= 11 is 7.65. The van der Waals surface area contributed by atoms with E-state index in [1.807, 2.05) is 24.3 Å². The van der Waals surface area contributed by atoms with E-state index in [0.717, 1.165) is 21.0 Å². The van der Waals surface area contributed by atoms with Crippen LogP contribution < -0.4 is 5.32 Å².